The Hall–Kier alpha value is -0.340. The molecule has 0 aliphatic rings. The van der Waals surface area contributed by atoms with E-state index >= 15 is 0 Å². The summed E-state index contributed by atoms with van der Waals surface area (Å²) in [5.41, 5.74) is 0. The van der Waals surface area contributed by atoms with E-state index in [2.05, 4.69) is 51.9 Å². The van der Waals surface area contributed by atoms with Gasteiger partial charge in [-0.25, -0.2) is 0 Å². The maximum absolute atomic E-state index is 6.07. The van der Waals surface area contributed by atoms with Crippen LogP contribution in [0, 0.1) is 5.92 Å². The van der Waals surface area contributed by atoms with Crippen LogP contribution in [0.3, 0.4) is 0 Å². The molecule has 0 rings (SSSR count). The van der Waals surface area contributed by atoms with Gasteiger partial charge in [0, 0.05) is 12.6 Å². The molecule has 0 saturated carbocycles. The quantitative estimate of drug-likeness (QED) is 0.0737. The van der Waals surface area contributed by atoms with Crippen LogP contribution in [0.15, 0.2) is 12.2 Å². The summed E-state index contributed by atoms with van der Waals surface area (Å²) in [4.78, 5) is 2.37. The fraction of sp³-hybridized carbons (Fsp3) is 0.941. The van der Waals surface area contributed by atoms with Crippen molar-refractivity contribution in [3.05, 3.63) is 12.2 Å². The highest BCUT2D eigenvalue weighted by atomic mass is 16.5. The zero-order chi connectivity index (χ0) is 26.5. The molecule has 0 amide bonds. The predicted octanol–water partition coefficient (Wildman–Crippen LogP) is 11.1. The third kappa shape index (κ3) is 26.7. The second-order valence-electron chi connectivity index (χ2n) is 11.9. The van der Waals surface area contributed by atoms with Crippen molar-refractivity contribution in [1.82, 2.24) is 4.90 Å². The van der Waals surface area contributed by atoms with Gasteiger partial charge in [0.1, 0.15) is 0 Å². The fourth-order valence-corrected chi connectivity index (χ4v) is 5.06. The Bertz CT molecular complexity index is 433. The number of ether oxygens (including phenoxy) is 1. The van der Waals surface area contributed by atoms with E-state index in [4.69, 9.17) is 4.74 Å². The third-order valence-electron chi connectivity index (χ3n) is 7.85. The molecule has 2 atom stereocenters. The molecule has 36 heavy (non-hydrogen) atoms. The molecule has 0 radical (unpaired) electrons. The average Bonchev–Trinajstić information content (AvgIpc) is 2.86. The van der Waals surface area contributed by atoms with Crippen molar-refractivity contribution >= 4 is 0 Å². The summed E-state index contributed by atoms with van der Waals surface area (Å²) >= 11 is 0. The van der Waals surface area contributed by atoms with Crippen LogP contribution in [0.1, 0.15) is 168 Å². The summed E-state index contributed by atoms with van der Waals surface area (Å²) in [6.07, 6.45) is 36.5. The number of unbranched alkanes of at least 4 members (excludes halogenated alkanes) is 17. The number of nitrogens with zero attached hydrogens (tertiary/aromatic N) is 1. The lowest BCUT2D eigenvalue weighted by atomic mass is 9.98. The van der Waals surface area contributed by atoms with Crippen LogP contribution in [-0.4, -0.2) is 38.3 Å². The van der Waals surface area contributed by atoms with Crippen LogP contribution in [0.5, 0.6) is 0 Å². The van der Waals surface area contributed by atoms with Crippen LogP contribution in [0.2, 0.25) is 0 Å². The summed E-state index contributed by atoms with van der Waals surface area (Å²) in [5.74, 6) is 0.857. The third-order valence-corrected chi connectivity index (χ3v) is 7.85. The highest BCUT2D eigenvalue weighted by Gasteiger charge is 2.11. The van der Waals surface area contributed by atoms with Crippen LogP contribution in [0.25, 0.3) is 0 Å². The molecule has 0 spiro atoms. The molecule has 216 valence electrons. The van der Waals surface area contributed by atoms with Gasteiger partial charge in [-0.15, -0.1) is 0 Å². The molecule has 0 aromatic rings. The molecule has 2 nitrogen and oxygen atoms in total. The van der Waals surface area contributed by atoms with Gasteiger partial charge >= 0.3 is 0 Å². The molecular weight excluding hydrogens is 438 g/mol. The number of likely N-dealkylation sites (N-methyl/N-ethyl adjacent to an activating group) is 1. The van der Waals surface area contributed by atoms with Crippen molar-refractivity contribution in [3.63, 3.8) is 0 Å². The lowest BCUT2D eigenvalue weighted by Gasteiger charge is -2.24. The monoisotopic (exact) mass is 508 g/mol. The van der Waals surface area contributed by atoms with Crippen LogP contribution in [0.4, 0.5) is 0 Å². The van der Waals surface area contributed by atoms with E-state index in [1.165, 1.54) is 148 Å². The zero-order valence-electron chi connectivity index (χ0n) is 25.8. The van der Waals surface area contributed by atoms with Gasteiger partial charge in [0.05, 0.1) is 6.61 Å². The van der Waals surface area contributed by atoms with Gasteiger partial charge in [0.2, 0.25) is 0 Å². The molecule has 0 heterocycles. The maximum atomic E-state index is 6.07. The zero-order valence-corrected chi connectivity index (χ0v) is 25.8. The van der Waals surface area contributed by atoms with Crippen LogP contribution >= 0.6 is 0 Å². The second kappa shape index (κ2) is 29.2. The van der Waals surface area contributed by atoms with E-state index < -0.39 is 0 Å². The highest BCUT2D eigenvalue weighted by molar-refractivity contribution is 4.83. The van der Waals surface area contributed by atoms with Gasteiger partial charge in [-0.3, -0.25) is 0 Å². The summed E-state index contributed by atoms with van der Waals surface area (Å²) in [6.45, 7) is 8.86. The molecule has 2 heteroatoms. The van der Waals surface area contributed by atoms with Crippen molar-refractivity contribution in [1.29, 1.82) is 0 Å². The molecule has 0 aromatic carbocycles. The highest BCUT2D eigenvalue weighted by Crippen LogP contribution is 2.16. The SMILES string of the molecule is CCCCCC=CCC(C)CCCCCCCCCOCC(CCCCCCCCCCC)N(C)C. The van der Waals surface area contributed by atoms with Gasteiger partial charge in [0.25, 0.3) is 0 Å². The first-order valence-electron chi connectivity index (χ1n) is 16.5. The van der Waals surface area contributed by atoms with E-state index in [0.717, 1.165) is 19.1 Å². The van der Waals surface area contributed by atoms with E-state index in [9.17, 15) is 0 Å². The molecule has 0 aromatic heterocycles. The van der Waals surface area contributed by atoms with Crippen molar-refractivity contribution in [2.45, 2.75) is 174 Å². The Labute approximate surface area is 229 Å². The number of rotatable bonds is 29. The number of hydrogen-bond donors (Lipinski definition) is 0. The van der Waals surface area contributed by atoms with Gasteiger partial charge in [-0.05, 0) is 52.1 Å². The summed E-state index contributed by atoms with van der Waals surface area (Å²) in [5, 5.41) is 0. The second-order valence-corrected chi connectivity index (χ2v) is 11.9. The van der Waals surface area contributed by atoms with Crippen LogP contribution in [-0.2, 0) is 4.74 Å². The van der Waals surface area contributed by atoms with Gasteiger partial charge < -0.3 is 9.64 Å². The minimum Gasteiger partial charge on any atom is -0.380 e. The van der Waals surface area contributed by atoms with E-state index in [-0.39, 0.29) is 0 Å². The van der Waals surface area contributed by atoms with E-state index in [0.29, 0.717) is 6.04 Å². The molecule has 0 fully saturated rings. The largest absolute Gasteiger partial charge is 0.380 e. The van der Waals surface area contributed by atoms with Crippen molar-refractivity contribution in [3.8, 4) is 0 Å². The van der Waals surface area contributed by atoms with E-state index in [1.54, 1.807) is 0 Å². The lowest BCUT2D eigenvalue weighted by molar-refractivity contribution is 0.0721. The number of hydrogen-bond acceptors (Lipinski definition) is 2. The minimum absolute atomic E-state index is 0.591. The topological polar surface area (TPSA) is 12.5 Å². The maximum Gasteiger partial charge on any atom is 0.0621 e. The Morgan fingerprint density at radius 2 is 1.08 bits per heavy atom. The van der Waals surface area contributed by atoms with Gasteiger partial charge in [0.15, 0.2) is 0 Å². The fourth-order valence-electron chi connectivity index (χ4n) is 5.06. The lowest BCUT2D eigenvalue weighted by Crippen LogP contribution is -2.32. The summed E-state index contributed by atoms with van der Waals surface area (Å²) in [7, 11) is 4.43. The Morgan fingerprint density at radius 1 is 0.583 bits per heavy atom. The smallest absolute Gasteiger partial charge is 0.0621 e. The molecule has 0 saturated heterocycles. The van der Waals surface area contributed by atoms with Crippen molar-refractivity contribution in [2.24, 2.45) is 5.92 Å². The summed E-state index contributed by atoms with van der Waals surface area (Å²) < 4.78 is 6.07. The Morgan fingerprint density at radius 3 is 1.67 bits per heavy atom. The molecule has 0 bridgehead atoms. The first-order valence-corrected chi connectivity index (χ1v) is 16.5. The van der Waals surface area contributed by atoms with Gasteiger partial charge in [-0.1, -0.05) is 148 Å². The average molecular weight is 508 g/mol. The number of allylic oxidation sites excluding steroid dienone is 2. The van der Waals surface area contributed by atoms with Crippen LogP contribution < -0.4 is 0 Å². The Kier molecular flexibility index (Phi) is 28.9. The van der Waals surface area contributed by atoms with E-state index in [1.807, 2.05) is 0 Å². The molecule has 2 unspecified atom stereocenters. The first kappa shape index (κ1) is 35.7. The normalized spacial score (nSPS) is 13.7. The van der Waals surface area contributed by atoms with Crippen molar-refractivity contribution < 1.29 is 4.74 Å². The predicted molar refractivity (Wildman–Crippen MR) is 164 cm³/mol. The summed E-state index contributed by atoms with van der Waals surface area (Å²) in [6, 6.07) is 0.591. The minimum atomic E-state index is 0.591. The molecule has 0 N–H and O–H groups in total. The molecule has 0 aliphatic heterocycles. The van der Waals surface area contributed by atoms with Crippen molar-refractivity contribution in [2.75, 3.05) is 27.3 Å². The standard InChI is InChI=1S/C34H69NO/c1-6-8-10-12-14-15-18-22-26-30-34(35(4)5)32-36-31-27-23-19-16-17-21-25-29-33(3)28-24-20-13-11-9-7-2/h20,24,33-34H,6-19,21-23,25-32H2,1-5H3. The molecule has 0 aliphatic carbocycles. The Balaban J connectivity index is 3.47. The van der Waals surface area contributed by atoms with Gasteiger partial charge in [-0.2, -0.15) is 0 Å². The molecular formula is C34H69NO. The first-order chi connectivity index (χ1) is 17.6.